The quantitative estimate of drug-likeness (QED) is 0.641. The van der Waals surface area contributed by atoms with E-state index in [4.69, 9.17) is 23.2 Å². The summed E-state index contributed by atoms with van der Waals surface area (Å²) in [6, 6.07) is 6.61. The fourth-order valence-corrected chi connectivity index (χ4v) is 3.22. The number of hydrogen-bond acceptors (Lipinski definition) is 4. The standard InChI is InChI=1S/C14H12Cl2N2O3S/c1-8-11(18(20)21)7-12(22-8)14(19)17-6-5-9-3-2-4-10(15)13(9)16/h2-4,7H,5-6H2,1H3,(H,17,19). The number of thiophene rings is 1. The van der Waals surface area contributed by atoms with Gasteiger partial charge in [-0.05, 0) is 25.0 Å². The van der Waals surface area contributed by atoms with Crippen molar-refractivity contribution in [1.29, 1.82) is 0 Å². The summed E-state index contributed by atoms with van der Waals surface area (Å²) in [7, 11) is 0. The number of aryl methyl sites for hydroxylation is 1. The van der Waals surface area contributed by atoms with E-state index in [1.54, 1.807) is 19.1 Å². The Balaban J connectivity index is 1.97. The Morgan fingerprint density at radius 2 is 2.14 bits per heavy atom. The first-order chi connectivity index (χ1) is 10.4. The molecule has 0 unspecified atom stereocenters. The first kappa shape index (κ1) is 16.7. The molecule has 1 aromatic heterocycles. The molecule has 22 heavy (non-hydrogen) atoms. The summed E-state index contributed by atoms with van der Waals surface area (Å²) in [5, 5.41) is 14.4. The zero-order valence-corrected chi connectivity index (χ0v) is 13.9. The summed E-state index contributed by atoms with van der Waals surface area (Å²) >= 11 is 13.1. The van der Waals surface area contributed by atoms with Crippen molar-refractivity contribution in [2.75, 3.05) is 6.54 Å². The Morgan fingerprint density at radius 1 is 1.41 bits per heavy atom. The molecule has 0 saturated heterocycles. The number of nitrogens with zero attached hydrogens (tertiary/aromatic N) is 1. The number of rotatable bonds is 5. The predicted octanol–water partition coefficient (Wildman–Crippen LogP) is 4.24. The van der Waals surface area contributed by atoms with Gasteiger partial charge in [-0.25, -0.2) is 0 Å². The van der Waals surface area contributed by atoms with Gasteiger partial charge in [0.25, 0.3) is 11.6 Å². The minimum absolute atomic E-state index is 0.0342. The Bertz CT molecular complexity index is 731. The van der Waals surface area contributed by atoms with Gasteiger partial charge in [0.15, 0.2) is 0 Å². The molecule has 116 valence electrons. The number of nitro groups is 1. The average molecular weight is 359 g/mol. The van der Waals surface area contributed by atoms with Crippen molar-refractivity contribution in [2.24, 2.45) is 0 Å². The number of amides is 1. The van der Waals surface area contributed by atoms with Gasteiger partial charge < -0.3 is 5.32 Å². The highest BCUT2D eigenvalue weighted by molar-refractivity contribution is 7.14. The van der Waals surface area contributed by atoms with Crippen molar-refractivity contribution in [1.82, 2.24) is 5.32 Å². The van der Waals surface area contributed by atoms with E-state index in [0.717, 1.165) is 16.9 Å². The molecule has 2 aromatic rings. The van der Waals surface area contributed by atoms with E-state index in [-0.39, 0.29) is 11.6 Å². The molecule has 0 radical (unpaired) electrons. The average Bonchev–Trinajstić information content (AvgIpc) is 2.85. The van der Waals surface area contributed by atoms with Crippen molar-refractivity contribution in [2.45, 2.75) is 13.3 Å². The van der Waals surface area contributed by atoms with Crippen LogP contribution in [0.3, 0.4) is 0 Å². The van der Waals surface area contributed by atoms with E-state index < -0.39 is 4.92 Å². The van der Waals surface area contributed by atoms with Crippen LogP contribution in [0.1, 0.15) is 20.1 Å². The van der Waals surface area contributed by atoms with Gasteiger partial charge in [-0.15, -0.1) is 11.3 Å². The zero-order valence-electron chi connectivity index (χ0n) is 11.6. The molecule has 0 aliphatic heterocycles. The summed E-state index contributed by atoms with van der Waals surface area (Å²) in [5.41, 5.74) is 0.802. The fourth-order valence-electron chi connectivity index (χ4n) is 1.90. The molecule has 0 bridgehead atoms. The van der Waals surface area contributed by atoms with E-state index in [0.29, 0.717) is 32.8 Å². The molecule has 2 rings (SSSR count). The molecule has 5 nitrogen and oxygen atoms in total. The third-order valence-electron chi connectivity index (χ3n) is 3.02. The van der Waals surface area contributed by atoms with E-state index in [1.807, 2.05) is 6.07 Å². The van der Waals surface area contributed by atoms with Crippen LogP contribution in [0.5, 0.6) is 0 Å². The van der Waals surface area contributed by atoms with Crippen LogP contribution < -0.4 is 5.32 Å². The van der Waals surface area contributed by atoms with Crippen molar-refractivity contribution in [3.63, 3.8) is 0 Å². The van der Waals surface area contributed by atoms with E-state index in [9.17, 15) is 14.9 Å². The smallest absolute Gasteiger partial charge is 0.283 e. The number of nitrogens with one attached hydrogen (secondary N) is 1. The van der Waals surface area contributed by atoms with Crippen molar-refractivity contribution >= 4 is 46.1 Å². The molecule has 8 heteroatoms. The SMILES string of the molecule is Cc1sc(C(=O)NCCc2cccc(Cl)c2Cl)cc1[N+](=O)[O-]. The summed E-state index contributed by atoms with van der Waals surface area (Å²) in [6.07, 6.45) is 0.525. The van der Waals surface area contributed by atoms with E-state index in [1.165, 1.54) is 6.07 Å². The van der Waals surface area contributed by atoms with Gasteiger partial charge in [0.1, 0.15) is 0 Å². The van der Waals surface area contributed by atoms with Crippen molar-refractivity contribution < 1.29 is 9.72 Å². The van der Waals surface area contributed by atoms with Gasteiger partial charge >= 0.3 is 0 Å². The highest BCUT2D eigenvalue weighted by Gasteiger charge is 2.19. The summed E-state index contributed by atoms with van der Waals surface area (Å²) in [5.74, 6) is -0.334. The molecule has 0 atom stereocenters. The molecule has 1 aromatic carbocycles. The number of carbonyl (C=O) groups excluding carboxylic acids is 1. The van der Waals surface area contributed by atoms with Gasteiger partial charge in [-0.2, -0.15) is 0 Å². The maximum absolute atomic E-state index is 12.0. The lowest BCUT2D eigenvalue weighted by Crippen LogP contribution is -2.24. The zero-order chi connectivity index (χ0) is 16.3. The summed E-state index contributed by atoms with van der Waals surface area (Å²) < 4.78 is 0. The molecule has 0 aliphatic carbocycles. The molecule has 1 amide bonds. The molecule has 1 N–H and O–H groups in total. The lowest BCUT2D eigenvalue weighted by atomic mass is 10.1. The van der Waals surface area contributed by atoms with Crippen LogP contribution in [0, 0.1) is 17.0 Å². The first-order valence-corrected chi connectivity index (χ1v) is 7.93. The predicted molar refractivity (Wildman–Crippen MR) is 88.2 cm³/mol. The maximum atomic E-state index is 12.0. The monoisotopic (exact) mass is 358 g/mol. The lowest BCUT2D eigenvalue weighted by Gasteiger charge is -2.06. The van der Waals surface area contributed by atoms with Gasteiger partial charge in [-0.1, -0.05) is 35.3 Å². The van der Waals surface area contributed by atoms with Crippen LogP contribution in [-0.2, 0) is 6.42 Å². The Labute approximate surface area is 141 Å². The van der Waals surface area contributed by atoms with Crippen LogP contribution in [-0.4, -0.2) is 17.4 Å². The highest BCUT2D eigenvalue weighted by Crippen LogP contribution is 2.28. The largest absolute Gasteiger partial charge is 0.351 e. The second-order valence-electron chi connectivity index (χ2n) is 4.53. The van der Waals surface area contributed by atoms with Crippen LogP contribution in [0.15, 0.2) is 24.3 Å². The van der Waals surface area contributed by atoms with Crippen LogP contribution >= 0.6 is 34.5 Å². The van der Waals surface area contributed by atoms with Crippen molar-refractivity contribution in [3.05, 3.63) is 59.7 Å². The summed E-state index contributed by atoms with van der Waals surface area (Å²) in [4.78, 5) is 23.1. The van der Waals surface area contributed by atoms with Crippen LogP contribution in [0.4, 0.5) is 5.69 Å². The maximum Gasteiger partial charge on any atom is 0.283 e. The van der Waals surface area contributed by atoms with E-state index in [2.05, 4.69) is 5.32 Å². The van der Waals surface area contributed by atoms with Gasteiger partial charge in [0.2, 0.25) is 0 Å². The number of benzene rings is 1. The molecular weight excluding hydrogens is 347 g/mol. The Morgan fingerprint density at radius 3 is 2.77 bits per heavy atom. The summed E-state index contributed by atoms with van der Waals surface area (Å²) in [6.45, 7) is 1.98. The normalized spacial score (nSPS) is 10.5. The third kappa shape index (κ3) is 3.76. The van der Waals surface area contributed by atoms with Gasteiger partial charge in [0, 0.05) is 12.6 Å². The topological polar surface area (TPSA) is 72.2 Å². The van der Waals surface area contributed by atoms with Crippen LogP contribution in [0.2, 0.25) is 10.0 Å². The first-order valence-electron chi connectivity index (χ1n) is 6.36. The van der Waals surface area contributed by atoms with Crippen LogP contribution in [0.25, 0.3) is 0 Å². The molecule has 0 spiro atoms. The molecule has 0 fully saturated rings. The lowest BCUT2D eigenvalue weighted by molar-refractivity contribution is -0.385. The third-order valence-corrected chi connectivity index (χ3v) is 4.92. The minimum Gasteiger partial charge on any atom is -0.351 e. The Kier molecular flexibility index (Phi) is 5.39. The molecule has 0 aliphatic rings. The second kappa shape index (κ2) is 7.09. The van der Waals surface area contributed by atoms with Gasteiger partial charge in [0.05, 0.1) is 24.7 Å². The van der Waals surface area contributed by atoms with Crippen molar-refractivity contribution in [3.8, 4) is 0 Å². The molecular formula is C14H12Cl2N2O3S. The minimum atomic E-state index is -0.492. The second-order valence-corrected chi connectivity index (χ2v) is 6.57. The highest BCUT2D eigenvalue weighted by atomic mass is 35.5. The Hall–Kier alpha value is -1.63. The number of halogens is 2. The number of hydrogen-bond donors (Lipinski definition) is 1. The fraction of sp³-hybridized carbons (Fsp3) is 0.214. The van der Waals surface area contributed by atoms with E-state index >= 15 is 0 Å². The molecule has 0 saturated carbocycles. The molecule has 1 heterocycles. The van der Waals surface area contributed by atoms with Gasteiger partial charge in [-0.3, -0.25) is 14.9 Å². The number of carbonyl (C=O) groups is 1.